The Balaban J connectivity index is 1.36. The van der Waals surface area contributed by atoms with Crippen molar-refractivity contribution in [3.8, 4) is 39.1 Å². The fraction of sp³-hybridized carbons (Fsp3) is 0.0638. The zero-order valence-electron chi connectivity index (χ0n) is 27.0. The number of rotatable bonds is 3. The molecule has 1 aliphatic carbocycles. The number of para-hydroxylation sites is 2. The van der Waals surface area contributed by atoms with Crippen LogP contribution in [0.5, 0.6) is 0 Å². The largest absolute Gasteiger partial charge is 0.308 e. The molecule has 0 atom stereocenters. The van der Waals surface area contributed by atoms with Gasteiger partial charge in [0.15, 0.2) is 0 Å². The minimum atomic E-state index is -0.0777. The van der Waals surface area contributed by atoms with Crippen molar-refractivity contribution in [1.29, 1.82) is 0 Å². The van der Waals surface area contributed by atoms with E-state index in [0.29, 0.717) is 0 Å². The molecule has 1 heterocycles. The molecular weight excluding hydrogens is 579 g/mol. The van der Waals surface area contributed by atoms with Gasteiger partial charge in [-0.3, -0.25) is 0 Å². The van der Waals surface area contributed by atoms with Gasteiger partial charge < -0.3 is 4.57 Å². The highest BCUT2D eigenvalue weighted by molar-refractivity contribution is 6.21. The molecular formula is C47H33N. The van der Waals surface area contributed by atoms with Crippen LogP contribution >= 0.6 is 0 Å². The van der Waals surface area contributed by atoms with Gasteiger partial charge in [0.1, 0.15) is 0 Å². The quantitative estimate of drug-likeness (QED) is 0.175. The molecule has 8 aromatic carbocycles. The summed E-state index contributed by atoms with van der Waals surface area (Å²) >= 11 is 0. The average Bonchev–Trinajstić information content (AvgIpc) is 3.59. The zero-order chi connectivity index (χ0) is 32.0. The molecule has 10 rings (SSSR count). The van der Waals surface area contributed by atoms with Gasteiger partial charge in [0.2, 0.25) is 0 Å². The van der Waals surface area contributed by atoms with Crippen molar-refractivity contribution < 1.29 is 0 Å². The van der Waals surface area contributed by atoms with Crippen molar-refractivity contribution in [3.63, 3.8) is 0 Å². The highest BCUT2D eigenvalue weighted by atomic mass is 15.0. The first-order chi connectivity index (χ1) is 23.6. The van der Waals surface area contributed by atoms with Gasteiger partial charge in [0.25, 0.3) is 0 Å². The summed E-state index contributed by atoms with van der Waals surface area (Å²) in [5, 5.41) is 7.58. The first-order valence-electron chi connectivity index (χ1n) is 16.9. The van der Waals surface area contributed by atoms with E-state index in [4.69, 9.17) is 0 Å². The Morgan fingerprint density at radius 2 is 0.938 bits per heavy atom. The summed E-state index contributed by atoms with van der Waals surface area (Å²) in [7, 11) is 0. The molecule has 0 aliphatic heterocycles. The molecule has 226 valence electrons. The van der Waals surface area contributed by atoms with E-state index >= 15 is 0 Å². The summed E-state index contributed by atoms with van der Waals surface area (Å²) in [5.74, 6) is 0. The Labute approximate surface area is 280 Å². The molecule has 0 N–H and O–H groups in total. The van der Waals surface area contributed by atoms with E-state index in [-0.39, 0.29) is 5.41 Å². The fourth-order valence-electron chi connectivity index (χ4n) is 8.54. The smallest absolute Gasteiger partial charge is 0.0619 e. The standard InChI is InChI=1S/C47H33N/c1-47(2)41-21-11-8-16-33(41)34-26-25-32(29-42(34)47)45-37-19-6-7-20-38(37)46(39-27-24-31(28-40(39)45)30-14-4-3-5-15-30)48-43-22-12-9-17-35(43)36-18-10-13-23-44(36)48/h3-29H,1-2H3. The lowest BCUT2D eigenvalue weighted by atomic mass is 9.81. The Hall–Kier alpha value is -5.92. The van der Waals surface area contributed by atoms with Gasteiger partial charge in [-0.25, -0.2) is 0 Å². The molecule has 9 aromatic rings. The zero-order valence-corrected chi connectivity index (χ0v) is 27.0. The second kappa shape index (κ2) is 10.0. The van der Waals surface area contributed by atoms with Crippen LogP contribution in [0.3, 0.4) is 0 Å². The third kappa shape index (κ3) is 3.73. The van der Waals surface area contributed by atoms with E-state index in [0.717, 1.165) is 0 Å². The SMILES string of the molecule is CC1(C)c2ccccc2-c2ccc(-c3c4ccccc4c(-n4c5ccccc5c5ccccc54)c4ccc(-c5ccccc5)cc34)cc21. The Morgan fingerprint density at radius 3 is 1.69 bits per heavy atom. The molecule has 0 unspecified atom stereocenters. The van der Waals surface area contributed by atoms with Gasteiger partial charge in [-0.05, 0) is 79.5 Å². The molecule has 0 saturated carbocycles. The number of hydrogen-bond acceptors (Lipinski definition) is 0. The predicted molar refractivity (Wildman–Crippen MR) is 204 cm³/mol. The van der Waals surface area contributed by atoms with Crippen LogP contribution in [0.4, 0.5) is 0 Å². The average molecular weight is 612 g/mol. The molecule has 1 nitrogen and oxygen atoms in total. The van der Waals surface area contributed by atoms with E-state index in [9.17, 15) is 0 Å². The number of fused-ring (bicyclic) bond motifs is 8. The van der Waals surface area contributed by atoms with Gasteiger partial charge in [0, 0.05) is 27.0 Å². The molecule has 0 amide bonds. The van der Waals surface area contributed by atoms with Gasteiger partial charge in [0.05, 0.1) is 16.7 Å². The Bertz CT molecular complexity index is 2690. The highest BCUT2D eigenvalue weighted by Crippen LogP contribution is 2.51. The minimum absolute atomic E-state index is 0.0777. The van der Waals surface area contributed by atoms with Gasteiger partial charge >= 0.3 is 0 Å². The van der Waals surface area contributed by atoms with Crippen molar-refractivity contribution in [3.05, 3.63) is 175 Å². The van der Waals surface area contributed by atoms with Crippen LogP contribution in [0.1, 0.15) is 25.0 Å². The maximum Gasteiger partial charge on any atom is 0.0619 e. The molecule has 1 aromatic heterocycles. The van der Waals surface area contributed by atoms with Crippen molar-refractivity contribution in [2.24, 2.45) is 0 Å². The van der Waals surface area contributed by atoms with Crippen molar-refractivity contribution >= 4 is 43.4 Å². The van der Waals surface area contributed by atoms with E-state index in [1.165, 1.54) is 93.5 Å². The maximum atomic E-state index is 2.50. The second-order valence-corrected chi connectivity index (χ2v) is 13.7. The van der Waals surface area contributed by atoms with Crippen LogP contribution in [0.2, 0.25) is 0 Å². The molecule has 48 heavy (non-hydrogen) atoms. The van der Waals surface area contributed by atoms with E-state index in [1.807, 2.05) is 0 Å². The van der Waals surface area contributed by atoms with E-state index in [1.54, 1.807) is 0 Å². The van der Waals surface area contributed by atoms with Crippen molar-refractivity contribution in [2.75, 3.05) is 0 Å². The lowest BCUT2D eigenvalue weighted by Crippen LogP contribution is -2.14. The summed E-state index contributed by atoms with van der Waals surface area (Å²) in [6, 6.07) is 60.7. The van der Waals surface area contributed by atoms with E-state index < -0.39 is 0 Å². The molecule has 0 fully saturated rings. The van der Waals surface area contributed by atoms with Crippen molar-refractivity contribution in [1.82, 2.24) is 4.57 Å². The normalized spacial score (nSPS) is 13.4. The second-order valence-electron chi connectivity index (χ2n) is 13.7. The predicted octanol–water partition coefficient (Wildman–Crippen LogP) is 12.7. The first-order valence-corrected chi connectivity index (χ1v) is 16.9. The third-order valence-electron chi connectivity index (χ3n) is 10.8. The van der Waals surface area contributed by atoms with Crippen LogP contribution in [-0.2, 0) is 5.41 Å². The molecule has 0 radical (unpaired) electrons. The van der Waals surface area contributed by atoms with Gasteiger partial charge in [-0.1, -0.05) is 153 Å². The molecule has 0 bridgehead atoms. The van der Waals surface area contributed by atoms with Gasteiger partial charge in [-0.2, -0.15) is 0 Å². The molecule has 1 heteroatoms. The summed E-state index contributed by atoms with van der Waals surface area (Å²) in [5.41, 5.74) is 14.1. The monoisotopic (exact) mass is 611 g/mol. The summed E-state index contributed by atoms with van der Waals surface area (Å²) < 4.78 is 2.50. The summed E-state index contributed by atoms with van der Waals surface area (Å²) in [4.78, 5) is 0. The fourth-order valence-corrected chi connectivity index (χ4v) is 8.54. The highest BCUT2D eigenvalue weighted by Gasteiger charge is 2.35. The lowest BCUT2D eigenvalue weighted by Gasteiger charge is -2.23. The van der Waals surface area contributed by atoms with Crippen LogP contribution in [0, 0.1) is 0 Å². The van der Waals surface area contributed by atoms with Crippen LogP contribution in [0.25, 0.3) is 82.4 Å². The Morgan fingerprint density at radius 1 is 0.375 bits per heavy atom. The summed E-state index contributed by atoms with van der Waals surface area (Å²) in [6.07, 6.45) is 0. The third-order valence-corrected chi connectivity index (χ3v) is 10.8. The number of hydrogen-bond donors (Lipinski definition) is 0. The first kappa shape index (κ1) is 27.2. The number of aromatic nitrogens is 1. The molecule has 1 aliphatic rings. The minimum Gasteiger partial charge on any atom is -0.308 e. The lowest BCUT2D eigenvalue weighted by molar-refractivity contribution is 0.660. The van der Waals surface area contributed by atoms with E-state index in [2.05, 4.69) is 182 Å². The van der Waals surface area contributed by atoms with Crippen LogP contribution in [0.15, 0.2) is 164 Å². The van der Waals surface area contributed by atoms with Crippen LogP contribution in [-0.4, -0.2) is 4.57 Å². The molecule has 0 saturated heterocycles. The molecule has 0 spiro atoms. The topological polar surface area (TPSA) is 4.93 Å². The number of nitrogens with zero attached hydrogens (tertiary/aromatic N) is 1. The number of benzene rings is 8. The van der Waals surface area contributed by atoms with Gasteiger partial charge in [-0.15, -0.1) is 0 Å². The van der Waals surface area contributed by atoms with Crippen molar-refractivity contribution in [2.45, 2.75) is 19.3 Å². The maximum absolute atomic E-state index is 2.50. The van der Waals surface area contributed by atoms with Crippen LogP contribution < -0.4 is 0 Å². The summed E-state index contributed by atoms with van der Waals surface area (Å²) in [6.45, 7) is 4.74. The Kier molecular flexibility index (Phi) is 5.69.